The highest BCUT2D eigenvalue weighted by Gasteiger charge is 2.33. The van der Waals surface area contributed by atoms with Crippen LogP contribution in [0.4, 0.5) is 0 Å². The summed E-state index contributed by atoms with van der Waals surface area (Å²) in [6.07, 6.45) is 4.00. The second-order valence-corrected chi connectivity index (χ2v) is 5.00. The minimum absolute atomic E-state index is 0.182. The van der Waals surface area contributed by atoms with Crippen LogP contribution in [-0.2, 0) is 4.79 Å². The first-order valence-corrected chi connectivity index (χ1v) is 6.33. The molecule has 0 aromatic carbocycles. The smallest absolute Gasteiger partial charge is 0.237 e. The molecule has 0 fully saturated rings. The standard InChI is InChI=1S/C10H19ClOS/c1-4-7-8-13-10(5-2,6-3)9(11)12/h4-8H2,1-3H3. The Morgan fingerprint density at radius 1 is 1.31 bits per heavy atom. The lowest BCUT2D eigenvalue weighted by Gasteiger charge is -2.26. The molecule has 0 unspecified atom stereocenters. The van der Waals surface area contributed by atoms with Crippen molar-refractivity contribution in [3.63, 3.8) is 0 Å². The van der Waals surface area contributed by atoms with E-state index in [1.54, 1.807) is 11.8 Å². The molecule has 0 heterocycles. The molecule has 1 nitrogen and oxygen atoms in total. The number of thioether (sulfide) groups is 1. The summed E-state index contributed by atoms with van der Waals surface area (Å²) >= 11 is 7.34. The van der Waals surface area contributed by atoms with Gasteiger partial charge in [-0.25, -0.2) is 0 Å². The maximum Gasteiger partial charge on any atom is 0.237 e. The minimum Gasteiger partial charge on any atom is -0.280 e. The van der Waals surface area contributed by atoms with E-state index in [0.717, 1.165) is 25.0 Å². The molecule has 0 rings (SSSR count). The largest absolute Gasteiger partial charge is 0.280 e. The summed E-state index contributed by atoms with van der Waals surface area (Å²) in [4.78, 5) is 11.3. The van der Waals surface area contributed by atoms with Gasteiger partial charge in [-0.05, 0) is 36.6 Å². The van der Waals surface area contributed by atoms with Crippen LogP contribution in [0.25, 0.3) is 0 Å². The summed E-state index contributed by atoms with van der Waals surface area (Å²) in [5.41, 5.74) is 0. The summed E-state index contributed by atoms with van der Waals surface area (Å²) < 4.78 is -0.323. The zero-order valence-corrected chi connectivity index (χ0v) is 10.3. The summed E-state index contributed by atoms with van der Waals surface area (Å²) in [6.45, 7) is 6.22. The number of unbranched alkanes of at least 4 members (excludes halogenated alkanes) is 1. The van der Waals surface area contributed by atoms with Crippen LogP contribution >= 0.6 is 23.4 Å². The van der Waals surface area contributed by atoms with E-state index in [0.29, 0.717) is 0 Å². The molecule has 13 heavy (non-hydrogen) atoms. The van der Waals surface area contributed by atoms with Gasteiger partial charge in [-0.15, -0.1) is 11.8 Å². The number of halogens is 1. The van der Waals surface area contributed by atoms with Crippen LogP contribution in [0.2, 0.25) is 0 Å². The van der Waals surface area contributed by atoms with Crippen molar-refractivity contribution in [3.8, 4) is 0 Å². The molecule has 3 heteroatoms. The number of rotatable bonds is 7. The molecule has 0 bridgehead atoms. The third kappa shape index (κ3) is 3.90. The molecular weight excluding hydrogens is 204 g/mol. The Morgan fingerprint density at radius 2 is 1.85 bits per heavy atom. The highest BCUT2D eigenvalue weighted by atomic mass is 35.5. The molecule has 0 N–H and O–H groups in total. The Morgan fingerprint density at radius 3 is 2.15 bits per heavy atom. The van der Waals surface area contributed by atoms with Gasteiger partial charge in [0.05, 0.1) is 4.75 Å². The Kier molecular flexibility index (Phi) is 6.88. The molecule has 0 aromatic heterocycles. The van der Waals surface area contributed by atoms with Gasteiger partial charge >= 0.3 is 0 Å². The minimum atomic E-state index is -0.323. The zero-order valence-electron chi connectivity index (χ0n) is 8.73. The van der Waals surface area contributed by atoms with Gasteiger partial charge in [0.2, 0.25) is 5.24 Å². The van der Waals surface area contributed by atoms with Gasteiger partial charge in [0.25, 0.3) is 0 Å². The van der Waals surface area contributed by atoms with Gasteiger partial charge in [-0.3, -0.25) is 4.79 Å². The van der Waals surface area contributed by atoms with Crippen LogP contribution in [0.1, 0.15) is 46.5 Å². The Labute approximate surface area is 90.6 Å². The molecule has 0 spiro atoms. The van der Waals surface area contributed by atoms with Crippen LogP contribution in [0.5, 0.6) is 0 Å². The summed E-state index contributed by atoms with van der Waals surface area (Å²) in [5.74, 6) is 1.04. The van der Waals surface area contributed by atoms with Gasteiger partial charge < -0.3 is 0 Å². The maximum absolute atomic E-state index is 11.3. The SMILES string of the molecule is CCCCSC(CC)(CC)C(=O)Cl. The monoisotopic (exact) mass is 222 g/mol. The normalized spacial score (nSPS) is 11.7. The third-order valence-corrected chi connectivity index (χ3v) is 4.66. The summed E-state index contributed by atoms with van der Waals surface area (Å²) in [7, 11) is 0. The van der Waals surface area contributed by atoms with E-state index >= 15 is 0 Å². The quantitative estimate of drug-likeness (QED) is 0.481. The van der Waals surface area contributed by atoms with Crippen molar-refractivity contribution in [3.05, 3.63) is 0 Å². The lowest BCUT2D eigenvalue weighted by Crippen LogP contribution is -2.30. The highest BCUT2D eigenvalue weighted by Crippen LogP contribution is 2.35. The Bertz CT molecular complexity index is 155. The number of hydrogen-bond donors (Lipinski definition) is 0. The summed E-state index contributed by atoms with van der Waals surface area (Å²) in [6, 6.07) is 0. The fourth-order valence-electron chi connectivity index (χ4n) is 1.20. The van der Waals surface area contributed by atoms with Crippen molar-refractivity contribution in [2.75, 3.05) is 5.75 Å². The van der Waals surface area contributed by atoms with Crippen LogP contribution < -0.4 is 0 Å². The van der Waals surface area contributed by atoms with Gasteiger partial charge in [0.15, 0.2) is 0 Å². The molecule has 0 aliphatic rings. The Hall–Kier alpha value is 0.310. The molecule has 0 aliphatic carbocycles. The van der Waals surface area contributed by atoms with Crippen molar-refractivity contribution in [2.45, 2.75) is 51.2 Å². The van der Waals surface area contributed by atoms with Crippen LogP contribution in [0.3, 0.4) is 0 Å². The van der Waals surface area contributed by atoms with E-state index in [1.165, 1.54) is 6.42 Å². The van der Waals surface area contributed by atoms with Gasteiger partial charge in [0.1, 0.15) is 0 Å². The fourth-order valence-corrected chi connectivity index (χ4v) is 2.98. The highest BCUT2D eigenvalue weighted by molar-refractivity contribution is 8.01. The van der Waals surface area contributed by atoms with E-state index < -0.39 is 0 Å². The second-order valence-electron chi connectivity index (χ2n) is 3.18. The molecule has 0 saturated heterocycles. The van der Waals surface area contributed by atoms with Crippen molar-refractivity contribution in [1.29, 1.82) is 0 Å². The molecule has 0 aromatic rings. The molecule has 0 atom stereocenters. The number of hydrogen-bond acceptors (Lipinski definition) is 2. The van der Waals surface area contributed by atoms with Crippen molar-refractivity contribution < 1.29 is 4.79 Å². The third-order valence-electron chi connectivity index (χ3n) is 2.38. The molecule has 0 radical (unpaired) electrons. The fraction of sp³-hybridized carbons (Fsp3) is 0.900. The lowest BCUT2D eigenvalue weighted by atomic mass is 10.0. The van der Waals surface area contributed by atoms with E-state index in [1.807, 2.05) is 13.8 Å². The van der Waals surface area contributed by atoms with Crippen molar-refractivity contribution >= 4 is 28.6 Å². The predicted octanol–water partition coefficient (Wildman–Crippen LogP) is 3.84. The lowest BCUT2D eigenvalue weighted by molar-refractivity contribution is -0.113. The average molecular weight is 223 g/mol. The van der Waals surface area contributed by atoms with Crippen LogP contribution in [0, 0.1) is 0 Å². The average Bonchev–Trinajstić information content (AvgIpc) is 2.13. The zero-order chi connectivity index (χ0) is 10.3. The molecule has 78 valence electrons. The van der Waals surface area contributed by atoms with E-state index in [2.05, 4.69) is 6.92 Å². The molecular formula is C10H19ClOS. The number of carbonyl (C=O) groups excluding carboxylic acids is 1. The van der Waals surface area contributed by atoms with E-state index in [4.69, 9.17) is 11.6 Å². The van der Waals surface area contributed by atoms with Gasteiger partial charge in [-0.1, -0.05) is 27.2 Å². The predicted molar refractivity (Wildman–Crippen MR) is 61.5 cm³/mol. The van der Waals surface area contributed by atoms with Crippen molar-refractivity contribution in [1.82, 2.24) is 0 Å². The van der Waals surface area contributed by atoms with Crippen LogP contribution in [0.15, 0.2) is 0 Å². The van der Waals surface area contributed by atoms with Crippen LogP contribution in [-0.4, -0.2) is 15.7 Å². The molecule has 0 aliphatic heterocycles. The Balaban J connectivity index is 4.14. The first-order chi connectivity index (χ1) is 6.13. The first kappa shape index (κ1) is 13.3. The molecule has 0 saturated carbocycles. The first-order valence-electron chi connectivity index (χ1n) is 4.96. The molecule has 0 amide bonds. The van der Waals surface area contributed by atoms with E-state index in [9.17, 15) is 4.79 Å². The second kappa shape index (κ2) is 6.72. The van der Waals surface area contributed by atoms with E-state index in [-0.39, 0.29) is 9.99 Å². The summed E-state index contributed by atoms with van der Waals surface area (Å²) in [5, 5.41) is -0.182. The van der Waals surface area contributed by atoms with Gasteiger partial charge in [-0.2, -0.15) is 0 Å². The van der Waals surface area contributed by atoms with Crippen molar-refractivity contribution in [2.24, 2.45) is 0 Å². The van der Waals surface area contributed by atoms with Gasteiger partial charge in [0, 0.05) is 0 Å². The topological polar surface area (TPSA) is 17.1 Å². The number of carbonyl (C=O) groups is 1. The maximum atomic E-state index is 11.3.